The highest BCUT2D eigenvalue weighted by Gasteiger charge is 2.41. The summed E-state index contributed by atoms with van der Waals surface area (Å²) in [6, 6.07) is 14.1. The third kappa shape index (κ3) is 6.95. The lowest BCUT2D eigenvalue weighted by atomic mass is 9.94. The SMILES string of the molecule is Cc1ccc([C@H]2[C@H](O)[C@H](O)[C@H](O)C[SH]2C)cc1Cc1ccc(OCCCC(=O)NC2(C(N)=O)CCCC2)cc1. The number of hydrogen-bond donors (Lipinski definition) is 6. The Kier molecular flexibility index (Phi) is 9.59. The topological polar surface area (TPSA) is 142 Å². The van der Waals surface area contributed by atoms with E-state index >= 15 is 0 Å². The number of primary amides is 1. The van der Waals surface area contributed by atoms with Gasteiger partial charge < -0.3 is 31.1 Å². The Bertz CT molecular complexity index is 1150. The van der Waals surface area contributed by atoms with E-state index in [0.29, 0.717) is 31.6 Å². The Labute approximate surface area is 233 Å². The van der Waals surface area contributed by atoms with Crippen LogP contribution in [0.4, 0.5) is 0 Å². The van der Waals surface area contributed by atoms with Crippen molar-refractivity contribution in [2.75, 3.05) is 18.6 Å². The molecular weight excluding hydrogens is 516 g/mol. The summed E-state index contributed by atoms with van der Waals surface area (Å²) in [7, 11) is -0.666. The fraction of sp³-hybridized carbons (Fsp3) is 0.533. The first-order valence-corrected chi connectivity index (χ1v) is 15.8. The molecule has 9 heteroatoms. The van der Waals surface area contributed by atoms with Gasteiger partial charge in [0.1, 0.15) is 17.4 Å². The Morgan fingerprint density at radius 3 is 2.44 bits per heavy atom. The minimum Gasteiger partial charge on any atom is -0.494 e. The Morgan fingerprint density at radius 2 is 1.77 bits per heavy atom. The largest absolute Gasteiger partial charge is 0.494 e. The molecule has 4 rings (SSSR count). The molecule has 214 valence electrons. The summed E-state index contributed by atoms with van der Waals surface area (Å²) in [5.74, 6) is 0.618. The number of aliphatic hydroxyl groups is 3. The van der Waals surface area contributed by atoms with Crippen molar-refractivity contribution < 1.29 is 29.6 Å². The molecule has 5 atom stereocenters. The molecule has 1 unspecified atom stereocenters. The lowest BCUT2D eigenvalue weighted by molar-refractivity contribution is -0.131. The average molecular weight is 559 g/mol. The Hall–Kier alpha value is -2.59. The van der Waals surface area contributed by atoms with Crippen LogP contribution in [0, 0.1) is 6.92 Å². The molecule has 8 nitrogen and oxygen atoms in total. The van der Waals surface area contributed by atoms with Gasteiger partial charge in [0.15, 0.2) is 0 Å². The van der Waals surface area contributed by atoms with Crippen LogP contribution in [0.15, 0.2) is 42.5 Å². The number of ether oxygens (including phenoxy) is 1. The van der Waals surface area contributed by atoms with Gasteiger partial charge in [0.25, 0.3) is 0 Å². The van der Waals surface area contributed by atoms with Crippen LogP contribution in [0.25, 0.3) is 0 Å². The maximum atomic E-state index is 12.3. The van der Waals surface area contributed by atoms with E-state index in [1.54, 1.807) is 0 Å². The van der Waals surface area contributed by atoms with Gasteiger partial charge in [-0.1, -0.05) is 43.2 Å². The zero-order chi connectivity index (χ0) is 28.2. The van der Waals surface area contributed by atoms with Crippen molar-refractivity contribution in [3.8, 4) is 5.75 Å². The highest BCUT2D eigenvalue weighted by atomic mass is 32.2. The highest BCUT2D eigenvalue weighted by Crippen LogP contribution is 2.48. The molecule has 1 aliphatic heterocycles. The third-order valence-electron chi connectivity index (χ3n) is 8.17. The predicted octanol–water partition coefficient (Wildman–Crippen LogP) is 2.43. The molecule has 2 aromatic carbocycles. The number of aryl methyl sites for hydroxylation is 1. The van der Waals surface area contributed by atoms with Gasteiger partial charge in [-0.25, -0.2) is 10.9 Å². The molecule has 0 bridgehead atoms. The molecule has 2 amide bonds. The van der Waals surface area contributed by atoms with Crippen molar-refractivity contribution in [1.82, 2.24) is 5.32 Å². The zero-order valence-electron chi connectivity index (χ0n) is 22.8. The predicted molar refractivity (Wildman–Crippen MR) is 154 cm³/mol. The average Bonchev–Trinajstić information content (AvgIpc) is 3.38. The van der Waals surface area contributed by atoms with Crippen molar-refractivity contribution in [3.05, 3.63) is 64.7 Å². The zero-order valence-corrected chi connectivity index (χ0v) is 23.7. The molecule has 39 heavy (non-hydrogen) atoms. The lowest BCUT2D eigenvalue weighted by Gasteiger charge is -2.42. The summed E-state index contributed by atoms with van der Waals surface area (Å²) in [5, 5.41) is 33.6. The first-order chi connectivity index (χ1) is 18.6. The van der Waals surface area contributed by atoms with Gasteiger partial charge >= 0.3 is 0 Å². The second-order valence-corrected chi connectivity index (χ2v) is 13.5. The number of benzene rings is 2. The number of nitrogens with one attached hydrogen (secondary N) is 1. The molecule has 1 saturated carbocycles. The van der Waals surface area contributed by atoms with Gasteiger partial charge in [-0.05, 0) is 73.2 Å². The van der Waals surface area contributed by atoms with Crippen molar-refractivity contribution in [3.63, 3.8) is 0 Å². The van der Waals surface area contributed by atoms with E-state index in [0.717, 1.165) is 47.3 Å². The molecule has 0 radical (unpaired) electrons. The van der Waals surface area contributed by atoms with E-state index in [4.69, 9.17) is 10.5 Å². The van der Waals surface area contributed by atoms with Gasteiger partial charge in [0, 0.05) is 17.4 Å². The van der Waals surface area contributed by atoms with E-state index < -0.39 is 40.7 Å². The number of hydrogen-bond acceptors (Lipinski definition) is 6. The van der Waals surface area contributed by atoms with Crippen LogP contribution in [0.1, 0.15) is 66.0 Å². The van der Waals surface area contributed by atoms with Crippen LogP contribution >= 0.6 is 10.9 Å². The van der Waals surface area contributed by atoms with Gasteiger partial charge in [0.05, 0.1) is 18.8 Å². The quantitative estimate of drug-likeness (QED) is 0.195. The number of rotatable bonds is 10. The lowest BCUT2D eigenvalue weighted by Crippen LogP contribution is -2.55. The number of carbonyl (C=O) groups excluding carboxylic acids is 2. The van der Waals surface area contributed by atoms with Gasteiger partial charge in [-0.3, -0.25) is 9.59 Å². The van der Waals surface area contributed by atoms with Crippen LogP contribution in [-0.4, -0.2) is 69.6 Å². The monoisotopic (exact) mass is 558 g/mol. The fourth-order valence-corrected chi connectivity index (χ4v) is 8.20. The molecule has 2 aliphatic rings. The standard InChI is InChI=1S/C30H42N2O6S/c1-19-7-10-21(28-27(36)26(35)24(33)18-39(28)2)17-22(19)16-20-8-11-23(12-9-20)38-15-5-6-25(34)32-30(29(31)37)13-3-4-14-30/h7-12,17,24,26-28,33,35-36,39H,3-6,13-16,18H2,1-2H3,(H2,31,37)(H,32,34)/t24-,26-,27-,28+/m1/s1. The molecule has 2 aromatic rings. The summed E-state index contributed by atoms with van der Waals surface area (Å²) in [5.41, 5.74) is 9.08. The van der Waals surface area contributed by atoms with Gasteiger partial charge in [-0.15, -0.1) is 0 Å². The maximum absolute atomic E-state index is 12.3. The molecule has 0 spiro atoms. The van der Waals surface area contributed by atoms with Crippen LogP contribution < -0.4 is 15.8 Å². The van der Waals surface area contributed by atoms with E-state index in [1.807, 2.05) is 30.3 Å². The van der Waals surface area contributed by atoms with E-state index in [2.05, 4.69) is 30.6 Å². The van der Waals surface area contributed by atoms with Crippen LogP contribution in [-0.2, 0) is 16.0 Å². The normalized spacial score (nSPS) is 27.2. The summed E-state index contributed by atoms with van der Waals surface area (Å²) in [4.78, 5) is 24.2. The van der Waals surface area contributed by atoms with Crippen LogP contribution in [0.5, 0.6) is 5.75 Å². The summed E-state index contributed by atoms with van der Waals surface area (Å²) in [6.07, 6.45) is 3.62. The second-order valence-electron chi connectivity index (χ2n) is 11.1. The molecule has 0 aromatic heterocycles. The highest BCUT2D eigenvalue weighted by molar-refractivity contribution is 8.16. The van der Waals surface area contributed by atoms with Crippen molar-refractivity contribution in [2.45, 2.75) is 81.0 Å². The Balaban J connectivity index is 1.29. The number of thiol groups is 1. The molecule has 2 fully saturated rings. The number of aliphatic hydroxyl groups excluding tert-OH is 3. The van der Waals surface area contributed by atoms with Gasteiger partial charge in [-0.2, -0.15) is 0 Å². The van der Waals surface area contributed by atoms with Crippen LogP contribution in [0.3, 0.4) is 0 Å². The van der Waals surface area contributed by atoms with Crippen molar-refractivity contribution >= 4 is 22.7 Å². The van der Waals surface area contributed by atoms with Crippen molar-refractivity contribution in [1.29, 1.82) is 0 Å². The minimum atomic E-state index is -1.13. The summed E-state index contributed by atoms with van der Waals surface area (Å²) < 4.78 is 5.83. The molecule has 1 aliphatic carbocycles. The molecular formula is C30H42N2O6S. The second kappa shape index (κ2) is 12.7. The van der Waals surface area contributed by atoms with E-state index in [1.165, 1.54) is 0 Å². The summed E-state index contributed by atoms with van der Waals surface area (Å²) >= 11 is 0. The van der Waals surface area contributed by atoms with Crippen LogP contribution in [0.2, 0.25) is 0 Å². The number of carbonyl (C=O) groups is 2. The minimum absolute atomic E-state index is 0.171. The van der Waals surface area contributed by atoms with E-state index in [9.17, 15) is 24.9 Å². The van der Waals surface area contributed by atoms with Crippen molar-refractivity contribution in [2.24, 2.45) is 5.73 Å². The first kappa shape index (κ1) is 29.4. The number of amides is 2. The smallest absolute Gasteiger partial charge is 0.243 e. The summed E-state index contributed by atoms with van der Waals surface area (Å²) in [6.45, 7) is 2.46. The number of nitrogens with two attached hydrogens (primary N) is 1. The molecule has 1 heterocycles. The van der Waals surface area contributed by atoms with E-state index in [-0.39, 0.29) is 17.6 Å². The Morgan fingerprint density at radius 1 is 1.08 bits per heavy atom. The molecule has 1 saturated heterocycles. The third-order valence-corrected chi connectivity index (χ3v) is 10.7. The first-order valence-electron chi connectivity index (χ1n) is 13.8. The fourth-order valence-electron chi connectivity index (χ4n) is 5.80. The molecule has 6 N–H and O–H groups in total. The van der Waals surface area contributed by atoms with Gasteiger partial charge in [0.2, 0.25) is 11.8 Å². The maximum Gasteiger partial charge on any atom is 0.243 e.